The number of aryl methyl sites for hydroxylation is 1. The first-order valence-corrected chi connectivity index (χ1v) is 9.51. The monoisotopic (exact) mass is 383 g/mol. The van der Waals surface area contributed by atoms with E-state index in [0.29, 0.717) is 22.9 Å². The first kappa shape index (κ1) is 17.7. The molecule has 1 aliphatic rings. The molecule has 3 rings (SSSR count). The third-order valence-electron chi connectivity index (χ3n) is 4.53. The van der Waals surface area contributed by atoms with Gasteiger partial charge in [-0.25, -0.2) is 0 Å². The van der Waals surface area contributed by atoms with Crippen LogP contribution in [0.15, 0.2) is 30.3 Å². The van der Waals surface area contributed by atoms with Gasteiger partial charge in [0.2, 0.25) is 0 Å². The van der Waals surface area contributed by atoms with Gasteiger partial charge >= 0.3 is 5.97 Å². The molecule has 1 aromatic heterocycles. The van der Waals surface area contributed by atoms with Crippen LogP contribution in [0.3, 0.4) is 0 Å². The van der Waals surface area contributed by atoms with Gasteiger partial charge in [-0.1, -0.05) is 29.3 Å². The summed E-state index contributed by atoms with van der Waals surface area (Å²) in [6.45, 7) is 3.62. The van der Waals surface area contributed by atoms with Crippen molar-refractivity contribution in [1.29, 1.82) is 0 Å². The minimum absolute atomic E-state index is 0.0909. The average Bonchev–Trinajstić information content (AvgIpc) is 2.97. The van der Waals surface area contributed by atoms with Crippen LogP contribution >= 0.6 is 34.5 Å². The lowest BCUT2D eigenvalue weighted by atomic mass is 9.94. The Morgan fingerprint density at radius 1 is 1.21 bits per heavy atom. The Hall–Kier alpha value is -1.07. The normalized spacial score (nSPS) is 17.8. The summed E-state index contributed by atoms with van der Waals surface area (Å²) in [6.07, 6.45) is 1.36. The Balaban J connectivity index is 1.91. The predicted molar refractivity (Wildman–Crippen MR) is 99.3 cm³/mol. The highest BCUT2D eigenvalue weighted by Gasteiger charge is 2.31. The molecule has 2 aromatic rings. The molecule has 0 spiro atoms. The Morgan fingerprint density at radius 3 is 2.46 bits per heavy atom. The number of carboxylic acid groups (broad SMARTS) is 1. The molecule has 0 amide bonds. The summed E-state index contributed by atoms with van der Waals surface area (Å²) in [5.41, 5.74) is 1.10. The molecule has 0 aliphatic carbocycles. The van der Waals surface area contributed by atoms with Crippen LogP contribution in [-0.4, -0.2) is 29.1 Å². The smallest absolute Gasteiger partial charge is 0.306 e. The van der Waals surface area contributed by atoms with E-state index in [9.17, 15) is 9.90 Å². The van der Waals surface area contributed by atoms with Crippen molar-refractivity contribution in [3.8, 4) is 0 Å². The van der Waals surface area contributed by atoms with Gasteiger partial charge in [-0.15, -0.1) is 11.3 Å². The Labute approximate surface area is 155 Å². The Bertz CT molecular complexity index is 738. The second-order valence-electron chi connectivity index (χ2n) is 6.17. The number of benzene rings is 1. The van der Waals surface area contributed by atoms with Crippen molar-refractivity contribution in [3.05, 3.63) is 55.7 Å². The van der Waals surface area contributed by atoms with E-state index < -0.39 is 5.97 Å². The topological polar surface area (TPSA) is 40.5 Å². The van der Waals surface area contributed by atoms with Crippen LogP contribution in [0.5, 0.6) is 0 Å². The number of thiophene rings is 1. The van der Waals surface area contributed by atoms with Crippen LogP contribution < -0.4 is 0 Å². The first-order valence-electron chi connectivity index (χ1n) is 7.94. The summed E-state index contributed by atoms with van der Waals surface area (Å²) in [5.74, 6) is -0.923. The standard InChI is InChI=1S/C18H19Cl2NO2S/c1-11-2-5-16(24-11)17(13-3-4-14(19)15(20)10-13)21-8-6-12(7-9-21)18(22)23/h2-5,10,12,17H,6-9H2,1H3,(H,22,23). The van der Waals surface area contributed by atoms with E-state index in [-0.39, 0.29) is 12.0 Å². The first-order chi connectivity index (χ1) is 11.5. The van der Waals surface area contributed by atoms with E-state index in [1.807, 2.05) is 18.2 Å². The zero-order valence-corrected chi connectivity index (χ0v) is 15.7. The second-order valence-corrected chi connectivity index (χ2v) is 8.31. The van der Waals surface area contributed by atoms with E-state index in [2.05, 4.69) is 24.0 Å². The fourth-order valence-corrected chi connectivity index (χ4v) is 4.59. The van der Waals surface area contributed by atoms with Crippen molar-refractivity contribution in [2.45, 2.75) is 25.8 Å². The summed E-state index contributed by atoms with van der Waals surface area (Å²) in [4.78, 5) is 16.1. The van der Waals surface area contributed by atoms with E-state index in [1.54, 1.807) is 11.3 Å². The number of piperidine rings is 1. The molecule has 6 heteroatoms. The molecule has 0 saturated carbocycles. The van der Waals surface area contributed by atoms with Gasteiger partial charge in [0.25, 0.3) is 0 Å². The number of carbonyl (C=O) groups is 1. The zero-order valence-electron chi connectivity index (χ0n) is 13.3. The number of nitrogens with zero attached hydrogens (tertiary/aromatic N) is 1. The van der Waals surface area contributed by atoms with Crippen molar-refractivity contribution < 1.29 is 9.90 Å². The average molecular weight is 384 g/mol. The van der Waals surface area contributed by atoms with Crippen LogP contribution in [-0.2, 0) is 4.79 Å². The number of hydrogen-bond acceptors (Lipinski definition) is 3. The summed E-state index contributed by atoms with van der Waals surface area (Å²) >= 11 is 14.1. The van der Waals surface area contributed by atoms with Gasteiger partial charge in [0.1, 0.15) is 0 Å². The lowest BCUT2D eigenvalue weighted by molar-refractivity contribution is -0.143. The lowest BCUT2D eigenvalue weighted by Crippen LogP contribution is -2.39. The molecule has 3 nitrogen and oxygen atoms in total. The largest absolute Gasteiger partial charge is 0.481 e. The number of aliphatic carboxylic acids is 1. The summed E-state index contributed by atoms with van der Waals surface area (Å²) in [5, 5.41) is 10.3. The minimum Gasteiger partial charge on any atom is -0.481 e. The van der Waals surface area contributed by atoms with Gasteiger partial charge in [-0.3, -0.25) is 9.69 Å². The molecule has 1 atom stereocenters. The maximum atomic E-state index is 11.2. The van der Waals surface area contributed by atoms with Crippen LogP contribution in [0.1, 0.15) is 34.2 Å². The molecule has 128 valence electrons. The van der Waals surface area contributed by atoms with Crippen LogP contribution in [0.25, 0.3) is 0 Å². The highest BCUT2D eigenvalue weighted by atomic mass is 35.5. The Morgan fingerprint density at radius 2 is 1.92 bits per heavy atom. The number of hydrogen-bond donors (Lipinski definition) is 1. The fourth-order valence-electron chi connectivity index (χ4n) is 3.24. The maximum Gasteiger partial charge on any atom is 0.306 e. The number of halogens is 2. The van der Waals surface area contributed by atoms with Crippen LogP contribution in [0, 0.1) is 12.8 Å². The van der Waals surface area contributed by atoms with Gasteiger partial charge in [0.15, 0.2) is 0 Å². The van der Waals surface area contributed by atoms with E-state index >= 15 is 0 Å². The molecular formula is C18H19Cl2NO2S. The van der Waals surface area contributed by atoms with Crippen LogP contribution in [0.2, 0.25) is 10.0 Å². The third kappa shape index (κ3) is 3.77. The van der Waals surface area contributed by atoms with Gasteiger partial charge in [0.05, 0.1) is 22.0 Å². The molecule has 1 N–H and O–H groups in total. The summed E-state index contributed by atoms with van der Waals surface area (Å²) in [6, 6.07) is 10.1. The molecule has 0 radical (unpaired) electrons. The predicted octanol–water partition coefficient (Wildman–Crippen LogP) is 5.25. The highest BCUT2D eigenvalue weighted by molar-refractivity contribution is 7.12. The molecule has 1 unspecified atom stereocenters. The number of likely N-dealkylation sites (tertiary alicyclic amines) is 1. The van der Waals surface area contributed by atoms with Crippen molar-refractivity contribution in [2.24, 2.45) is 5.92 Å². The van der Waals surface area contributed by atoms with Gasteiger partial charge in [0, 0.05) is 9.75 Å². The van der Waals surface area contributed by atoms with Crippen molar-refractivity contribution in [2.75, 3.05) is 13.1 Å². The van der Waals surface area contributed by atoms with Crippen molar-refractivity contribution in [3.63, 3.8) is 0 Å². The molecule has 1 aromatic carbocycles. The summed E-state index contributed by atoms with van der Waals surface area (Å²) < 4.78 is 0. The number of rotatable bonds is 4. The second kappa shape index (κ2) is 7.44. The fraction of sp³-hybridized carbons (Fsp3) is 0.389. The van der Waals surface area contributed by atoms with E-state index in [0.717, 1.165) is 18.7 Å². The number of carboxylic acids is 1. The molecular weight excluding hydrogens is 365 g/mol. The third-order valence-corrected chi connectivity index (χ3v) is 6.33. The zero-order chi connectivity index (χ0) is 17.3. The molecule has 0 bridgehead atoms. The van der Waals surface area contributed by atoms with Crippen LogP contribution in [0.4, 0.5) is 0 Å². The molecule has 2 heterocycles. The quantitative estimate of drug-likeness (QED) is 0.783. The molecule has 1 fully saturated rings. The van der Waals surface area contributed by atoms with Crippen molar-refractivity contribution >= 4 is 40.5 Å². The van der Waals surface area contributed by atoms with Gasteiger partial charge in [-0.2, -0.15) is 0 Å². The maximum absolute atomic E-state index is 11.2. The summed E-state index contributed by atoms with van der Waals surface area (Å²) in [7, 11) is 0. The molecule has 24 heavy (non-hydrogen) atoms. The van der Waals surface area contributed by atoms with Gasteiger partial charge < -0.3 is 5.11 Å². The SMILES string of the molecule is Cc1ccc(C(c2ccc(Cl)c(Cl)c2)N2CCC(C(=O)O)CC2)s1. The van der Waals surface area contributed by atoms with E-state index in [1.165, 1.54) is 9.75 Å². The van der Waals surface area contributed by atoms with E-state index in [4.69, 9.17) is 23.2 Å². The Kier molecular flexibility index (Phi) is 5.50. The highest BCUT2D eigenvalue weighted by Crippen LogP contribution is 2.37. The van der Waals surface area contributed by atoms with Gasteiger partial charge in [-0.05, 0) is 62.7 Å². The molecule has 1 aliphatic heterocycles. The lowest BCUT2D eigenvalue weighted by Gasteiger charge is -2.36. The minimum atomic E-state index is -0.687. The van der Waals surface area contributed by atoms with Crippen molar-refractivity contribution in [1.82, 2.24) is 4.90 Å². The molecule has 1 saturated heterocycles.